The Kier molecular flexibility index (Phi) is 7.93. The number of thiazole rings is 1. The van der Waals surface area contributed by atoms with Gasteiger partial charge in [-0.05, 0) is 54.3 Å². The van der Waals surface area contributed by atoms with Gasteiger partial charge in [0, 0.05) is 25.0 Å². The molecule has 0 saturated carbocycles. The van der Waals surface area contributed by atoms with E-state index in [1.807, 2.05) is 34.5 Å². The van der Waals surface area contributed by atoms with Gasteiger partial charge in [-0.3, -0.25) is 0 Å². The Labute approximate surface area is 239 Å². The van der Waals surface area contributed by atoms with Crippen LogP contribution in [0.3, 0.4) is 0 Å². The van der Waals surface area contributed by atoms with Gasteiger partial charge in [0.2, 0.25) is 14.8 Å². The molecule has 0 aliphatic carbocycles. The molecule has 0 unspecified atom stereocenters. The van der Waals surface area contributed by atoms with E-state index in [0.29, 0.717) is 10.5 Å². The first-order valence-electron chi connectivity index (χ1n) is 12.8. The summed E-state index contributed by atoms with van der Waals surface area (Å²) < 4.78 is 28.4. The van der Waals surface area contributed by atoms with Gasteiger partial charge in [0.1, 0.15) is 0 Å². The third-order valence-corrected chi connectivity index (χ3v) is 9.16. The van der Waals surface area contributed by atoms with Crippen LogP contribution in [-0.4, -0.2) is 37.7 Å². The third-order valence-electron chi connectivity index (χ3n) is 6.53. The molecular weight excluding hydrogens is 537 g/mol. The molecule has 0 aliphatic rings. The highest BCUT2D eigenvalue weighted by molar-refractivity contribution is 7.89. The molecule has 0 radical (unpaired) electrons. The first kappa shape index (κ1) is 27.5. The van der Waals surface area contributed by atoms with Crippen LogP contribution < -0.4 is 4.80 Å². The van der Waals surface area contributed by atoms with Crippen molar-refractivity contribution >= 4 is 33.3 Å². The topological polar surface area (TPSA) is 67.0 Å². The van der Waals surface area contributed by atoms with Crippen LogP contribution in [0.5, 0.6) is 0 Å². The molecule has 5 aromatic rings. The largest absolute Gasteiger partial charge is 0.242 e. The number of sulfonamides is 1. The minimum absolute atomic E-state index is 0.192. The van der Waals surface area contributed by atoms with Gasteiger partial charge in [-0.2, -0.15) is 5.10 Å². The first-order chi connectivity index (χ1) is 19.2. The van der Waals surface area contributed by atoms with Crippen LogP contribution in [0, 0.1) is 13.8 Å². The molecule has 40 heavy (non-hydrogen) atoms. The van der Waals surface area contributed by atoms with Gasteiger partial charge >= 0.3 is 0 Å². The molecule has 0 spiro atoms. The average Bonchev–Trinajstić information content (AvgIpc) is 3.35. The summed E-state index contributed by atoms with van der Waals surface area (Å²) in [6.07, 6.45) is 1.84. The van der Waals surface area contributed by atoms with Crippen molar-refractivity contribution in [1.82, 2.24) is 8.98 Å². The Morgan fingerprint density at radius 1 is 0.800 bits per heavy atom. The van der Waals surface area contributed by atoms with Crippen LogP contribution in [0.1, 0.15) is 16.7 Å². The second-order valence-corrected chi connectivity index (χ2v) is 12.6. The van der Waals surface area contributed by atoms with E-state index in [0.717, 1.165) is 33.5 Å². The number of rotatable bonds is 7. The van der Waals surface area contributed by atoms with E-state index < -0.39 is 10.0 Å². The maximum absolute atomic E-state index is 12.7. The van der Waals surface area contributed by atoms with Crippen molar-refractivity contribution in [3.8, 4) is 22.4 Å². The molecule has 1 heterocycles. The number of nitrogens with zero attached hydrogens (tertiary/aromatic N) is 4. The van der Waals surface area contributed by atoms with E-state index in [1.54, 1.807) is 24.3 Å². The Bertz CT molecular complexity index is 1850. The second kappa shape index (κ2) is 11.6. The Morgan fingerprint density at radius 3 is 2.20 bits per heavy atom. The third kappa shape index (κ3) is 5.89. The Morgan fingerprint density at radius 2 is 1.50 bits per heavy atom. The molecule has 1 aromatic heterocycles. The summed E-state index contributed by atoms with van der Waals surface area (Å²) in [4.78, 5) is 5.64. The molecule has 5 rings (SSSR count). The van der Waals surface area contributed by atoms with E-state index in [-0.39, 0.29) is 4.90 Å². The Hall–Kier alpha value is -4.11. The molecule has 0 bridgehead atoms. The fraction of sp³-hybridized carbons (Fsp3) is 0.125. The highest BCUT2D eigenvalue weighted by Gasteiger charge is 2.17. The zero-order chi connectivity index (χ0) is 28.3. The normalized spacial score (nSPS) is 12.5. The van der Waals surface area contributed by atoms with Gasteiger partial charge in [-0.25, -0.2) is 22.4 Å². The maximum Gasteiger partial charge on any atom is 0.242 e. The minimum atomic E-state index is -3.58. The Balaban J connectivity index is 1.61. The lowest BCUT2D eigenvalue weighted by atomic mass is 10.0. The van der Waals surface area contributed by atoms with Crippen molar-refractivity contribution in [3.63, 3.8) is 0 Å². The highest BCUT2D eigenvalue weighted by Crippen LogP contribution is 2.26. The van der Waals surface area contributed by atoms with Crippen LogP contribution in [-0.2, 0) is 10.0 Å². The number of benzene rings is 4. The number of hydrogen-bond donors (Lipinski definition) is 0. The van der Waals surface area contributed by atoms with E-state index in [4.69, 9.17) is 10.1 Å². The summed E-state index contributed by atoms with van der Waals surface area (Å²) in [7, 11) is -0.546. The number of hydrogen-bond acceptors (Lipinski definition) is 5. The van der Waals surface area contributed by atoms with Gasteiger partial charge in [0.25, 0.3) is 0 Å². The maximum atomic E-state index is 12.7. The average molecular weight is 567 g/mol. The smallest absolute Gasteiger partial charge is 0.220 e. The van der Waals surface area contributed by atoms with Crippen molar-refractivity contribution < 1.29 is 8.42 Å². The summed E-state index contributed by atoms with van der Waals surface area (Å²) in [5, 5.41) is 6.89. The van der Waals surface area contributed by atoms with Crippen molar-refractivity contribution in [2.75, 3.05) is 14.1 Å². The van der Waals surface area contributed by atoms with Crippen molar-refractivity contribution in [2.24, 2.45) is 10.1 Å². The van der Waals surface area contributed by atoms with Crippen LogP contribution in [0.15, 0.2) is 117 Å². The van der Waals surface area contributed by atoms with Gasteiger partial charge in [-0.1, -0.05) is 84.4 Å². The van der Waals surface area contributed by atoms with Crippen LogP contribution in [0.25, 0.3) is 22.4 Å². The zero-order valence-electron chi connectivity index (χ0n) is 22.8. The van der Waals surface area contributed by atoms with E-state index in [1.165, 1.54) is 35.3 Å². The van der Waals surface area contributed by atoms with E-state index >= 15 is 0 Å². The molecule has 0 aliphatic heterocycles. The first-order valence-corrected chi connectivity index (χ1v) is 15.1. The van der Waals surface area contributed by atoms with Crippen molar-refractivity contribution in [1.29, 1.82) is 0 Å². The standard InChI is InChI=1S/C32H30N4O2S2/c1-23-13-14-28(24(2)19-23)21-33-36-31(27-17-15-26(16-18-27)25-9-6-5-7-10-25)22-39-32(36)34-29-11-8-12-30(20-29)40(37,38)35(3)4/h5-22H,1-4H3. The zero-order valence-corrected chi connectivity index (χ0v) is 24.4. The van der Waals surface area contributed by atoms with Crippen LogP contribution in [0.2, 0.25) is 0 Å². The van der Waals surface area contributed by atoms with Gasteiger partial charge < -0.3 is 0 Å². The van der Waals surface area contributed by atoms with Crippen molar-refractivity contribution in [2.45, 2.75) is 18.7 Å². The molecular formula is C32H30N4O2S2. The molecule has 202 valence electrons. The van der Waals surface area contributed by atoms with Crippen LogP contribution in [0.4, 0.5) is 5.69 Å². The number of aromatic nitrogens is 1. The second-order valence-electron chi connectivity index (χ2n) is 9.66. The lowest BCUT2D eigenvalue weighted by molar-refractivity contribution is 0.521. The van der Waals surface area contributed by atoms with E-state index in [2.05, 4.69) is 68.4 Å². The summed E-state index contributed by atoms with van der Waals surface area (Å²) in [5.41, 5.74) is 8.05. The molecule has 0 atom stereocenters. The lowest BCUT2D eigenvalue weighted by Gasteiger charge is -2.11. The SMILES string of the molecule is Cc1ccc(C=Nn2c(-c3ccc(-c4ccccc4)cc3)csc2=Nc2cccc(S(=O)(=O)N(C)C)c2)c(C)c1. The highest BCUT2D eigenvalue weighted by atomic mass is 32.2. The summed E-state index contributed by atoms with van der Waals surface area (Å²) >= 11 is 1.45. The molecule has 6 nitrogen and oxygen atoms in total. The predicted molar refractivity (Wildman–Crippen MR) is 165 cm³/mol. The summed E-state index contributed by atoms with van der Waals surface area (Å²) in [6, 6.07) is 31.6. The van der Waals surface area contributed by atoms with E-state index in [9.17, 15) is 8.42 Å². The predicted octanol–water partition coefficient (Wildman–Crippen LogP) is 6.87. The summed E-state index contributed by atoms with van der Waals surface area (Å²) in [6.45, 7) is 4.14. The molecule has 4 aromatic carbocycles. The number of aryl methyl sites for hydroxylation is 2. The molecule has 8 heteroatoms. The van der Waals surface area contributed by atoms with Gasteiger partial charge in [0.15, 0.2) is 0 Å². The van der Waals surface area contributed by atoms with Crippen LogP contribution >= 0.6 is 11.3 Å². The molecule has 0 saturated heterocycles. The van der Waals surface area contributed by atoms with Gasteiger partial charge in [0.05, 0.1) is 22.5 Å². The quantitative estimate of drug-likeness (QED) is 0.202. The molecule has 0 N–H and O–H groups in total. The fourth-order valence-corrected chi connectivity index (χ4v) is 6.07. The molecule has 0 amide bonds. The minimum Gasteiger partial charge on any atom is -0.220 e. The lowest BCUT2D eigenvalue weighted by Crippen LogP contribution is -2.22. The van der Waals surface area contributed by atoms with Gasteiger partial charge in [-0.15, -0.1) is 11.3 Å². The fourth-order valence-electron chi connectivity index (χ4n) is 4.28. The summed E-state index contributed by atoms with van der Waals surface area (Å²) in [5.74, 6) is 0. The van der Waals surface area contributed by atoms with Crippen molar-refractivity contribution in [3.05, 3.63) is 124 Å². The monoisotopic (exact) mass is 566 g/mol. The molecule has 0 fully saturated rings.